The lowest BCUT2D eigenvalue weighted by atomic mass is 10.1. The summed E-state index contributed by atoms with van der Waals surface area (Å²) in [6.07, 6.45) is 2.05. The van der Waals surface area contributed by atoms with Gasteiger partial charge in [-0.25, -0.2) is 0 Å². The summed E-state index contributed by atoms with van der Waals surface area (Å²) >= 11 is 0. The van der Waals surface area contributed by atoms with Crippen LogP contribution in [0.4, 0.5) is 0 Å². The minimum atomic E-state index is -0.296. The molecule has 6 nitrogen and oxygen atoms in total. The van der Waals surface area contributed by atoms with Gasteiger partial charge < -0.3 is 10.2 Å². The molecule has 2 heterocycles. The van der Waals surface area contributed by atoms with Crippen LogP contribution in [0.15, 0.2) is 36.5 Å². The molecule has 1 aliphatic heterocycles. The molecule has 0 saturated carbocycles. The van der Waals surface area contributed by atoms with Crippen LogP contribution in [-0.4, -0.2) is 33.0 Å². The molecule has 2 aromatic rings. The zero-order chi connectivity index (χ0) is 18.0. The van der Waals surface area contributed by atoms with Gasteiger partial charge in [-0.3, -0.25) is 14.3 Å². The number of benzene rings is 1. The minimum Gasteiger partial charge on any atom is -0.349 e. The van der Waals surface area contributed by atoms with Gasteiger partial charge in [-0.2, -0.15) is 5.10 Å². The third-order valence-electron chi connectivity index (χ3n) is 4.90. The number of likely N-dealkylation sites (tertiary alicyclic amines) is 1. The van der Waals surface area contributed by atoms with E-state index >= 15 is 0 Å². The van der Waals surface area contributed by atoms with Gasteiger partial charge >= 0.3 is 0 Å². The molecule has 1 aliphatic rings. The zero-order valence-corrected chi connectivity index (χ0v) is 14.9. The molecule has 132 valence electrons. The fraction of sp³-hybridized carbons (Fsp3) is 0.421. The standard InChI is InChI=1S/C19H24N4O2/c1-13(17-10-20-22(3)14(17)2)21-19(25)16-9-18(24)23(12-16)11-15-7-5-4-6-8-15/h4-8,10,13,16H,9,11-12H2,1-3H3,(H,21,25)/t13-,16-/m0/s1. The van der Waals surface area contributed by atoms with E-state index in [-0.39, 0.29) is 30.2 Å². The van der Waals surface area contributed by atoms with E-state index in [0.29, 0.717) is 13.1 Å². The third-order valence-corrected chi connectivity index (χ3v) is 4.90. The second-order valence-electron chi connectivity index (χ2n) is 6.70. The van der Waals surface area contributed by atoms with Gasteiger partial charge in [-0.05, 0) is 19.4 Å². The second kappa shape index (κ2) is 7.09. The number of rotatable bonds is 5. The van der Waals surface area contributed by atoms with Gasteiger partial charge in [0.25, 0.3) is 0 Å². The molecule has 0 radical (unpaired) electrons. The van der Waals surface area contributed by atoms with Crippen LogP contribution in [0.25, 0.3) is 0 Å². The highest BCUT2D eigenvalue weighted by Crippen LogP contribution is 2.22. The van der Waals surface area contributed by atoms with Crippen molar-refractivity contribution in [3.8, 4) is 0 Å². The molecule has 1 N–H and O–H groups in total. The molecule has 0 aliphatic carbocycles. The van der Waals surface area contributed by atoms with Crippen molar-refractivity contribution in [3.05, 3.63) is 53.3 Å². The summed E-state index contributed by atoms with van der Waals surface area (Å²) in [6.45, 7) is 4.95. The predicted molar refractivity (Wildman–Crippen MR) is 94.5 cm³/mol. The number of carbonyl (C=O) groups excluding carboxylic acids is 2. The van der Waals surface area contributed by atoms with Crippen LogP contribution in [0.5, 0.6) is 0 Å². The molecule has 1 aromatic carbocycles. The monoisotopic (exact) mass is 340 g/mol. The Bertz CT molecular complexity index is 769. The van der Waals surface area contributed by atoms with Gasteiger partial charge in [0.15, 0.2) is 0 Å². The first-order chi connectivity index (χ1) is 12.0. The highest BCUT2D eigenvalue weighted by atomic mass is 16.2. The van der Waals surface area contributed by atoms with Gasteiger partial charge in [0, 0.05) is 37.8 Å². The fourth-order valence-corrected chi connectivity index (χ4v) is 3.25. The van der Waals surface area contributed by atoms with E-state index in [9.17, 15) is 9.59 Å². The largest absolute Gasteiger partial charge is 0.349 e. The third kappa shape index (κ3) is 3.73. The van der Waals surface area contributed by atoms with Crippen molar-refractivity contribution in [2.75, 3.05) is 6.54 Å². The van der Waals surface area contributed by atoms with Gasteiger partial charge in [0.2, 0.25) is 11.8 Å². The molecular formula is C19H24N4O2. The van der Waals surface area contributed by atoms with E-state index < -0.39 is 0 Å². The van der Waals surface area contributed by atoms with Crippen LogP contribution >= 0.6 is 0 Å². The fourth-order valence-electron chi connectivity index (χ4n) is 3.25. The summed E-state index contributed by atoms with van der Waals surface area (Å²) in [5, 5.41) is 7.24. The average Bonchev–Trinajstić information content (AvgIpc) is 3.12. The topological polar surface area (TPSA) is 67.2 Å². The van der Waals surface area contributed by atoms with Crippen molar-refractivity contribution < 1.29 is 9.59 Å². The van der Waals surface area contributed by atoms with E-state index in [1.807, 2.05) is 51.2 Å². The van der Waals surface area contributed by atoms with Gasteiger partial charge in [0.1, 0.15) is 0 Å². The summed E-state index contributed by atoms with van der Waals surface area (Å²) in [7, 11) is 1.88. The molecule has 6 heteroatoms. The van der Waals surface area contributed by atoms with E-state index in [1.54, 1.807) is 15.8 Å². The molecule has 0 unspecified atom stereocenters. The first-order valence-corrected chi connectivity index (χ1v) is 8.56. The van der Waals surface area contributed by atoms with Crippen molar-refractivity contribution in [1.82, 2.24) is 20.0 Å². The van der Waals surface area contributed by atoms with Crippen molar-refractivity contribution in [1.29, 1.82) is 0 Å². The first kappa shape index (κ1) is 17.2. The molecule has 0 spiro atoms. The number of carbonyl (C=O) groups is 2. The predicted octanol–water partition coefficient (Wildman–Crippen LogP) is 1.95. The second-order valence-corrected chi connectivity index (χ2v) is 6.70. The molecule has 3 rings (SSSR count). The SMILES string of the molecule is Cc1c([C@H](C)NC(=O)[C@H]2CC(=O)N(Cc3ccccc3)C2)cnn1C. The lowest BCUT2D eigenvalue weighted by Crippen LogP contribution is -2.34. The summed E-state index contributed by atoms with van der Waals surface area (Å²) in [4.78, 5) is 26.6. The number of nitrogens with one attached hydrogen (secondary N) is 1. The Hall–Kier alpha value is -2.63. The molecule has 1 fully saturated rings. The minimum absolute atomic E-state index is 0.0363. The van der Waals surface area contributed by atoms with Crippen LogP contribution in [0, 0.1) is 12.8 Å². The Balaban J connectivity index is 1.60. The Morgan fingerprint density at radius 1 is 1.36 bits per heavy atom. The molecule has 0 bridgehead atoms. The van der Waals surface area contributed by atoms with Crippen molar-refractivity contribution in [2.24, 2.45) is 13.0 Å². The van der Waals surface area contributed by atoms with E-state index in [0.717, 1.165) is 16.8 Å². The first-order valence-electron chi connectivity index (χ1n) is 8.56. The summed E-state index contributed by atoms with van der Waals surface area (Å²) in [6, 6.07) is 9.73. The van der Waals surface area contributed by atoms with Crippen LogP contribution in [-0.2, 0) is 23.2 Å². The van der Waals surface area contributed by atoms with Gasteiger partial charge in [-0.15, -0.1) is 0 Å². The Kier molecular flexibility index (Phi) is 4.88. The number of aromatic nitrogens is 2. The lowest BCUT2D eigenvalue weighted by Gasteiger charge is -2.18. The Labute approximate surface area is 147 Å². The highest BCUT2D eigenvalue weighted by molar-refractivity contribution is 5.89. The maximum Gasteiger partial charge on any atom is 0.225 e. The van der Waals surface area contributed by atoms with Crippen molar-refractivity contribution in [2.45, 2.75) is 32.9 Å². The van der Waals surface area contributed by atoms with Crippen LogP contribution in [0.2, 0.25) is 0 Å². The van der Waals surface area contributed by atoms with E-state index in [1.165, 1.54) is 0 Å². The Morgan fingerprint density at radius 3 is 2.72 bits per heavy atom. The number of amides is 2. The van der Waals surface area contributed by atoms with E-state index in [4.69, 9.17) is 0 Å². The van der Waals surface area contributed by atoms with Crippen LogP contribution in [0.3, 0.4) is 0 Å². The molecular weight excluding hydrogens is 316 g/mol. The van der Waals surface area contributed by atoms with Gasteiger partial charge in [-0.1, -0.05) is 30.3 Å². The average molecular weight is 340 g/mol. The maximum absolute atomic E-state index is 12.6. The summed E-state index contributed by atoms with van der Waals surface area (Å²) in [5.74, 6) is -0.329. The maximum atomic E-state index is 12.6. The molecule has 2 amide bonds. The molecule has 2 atom stereocenters. The molecule has 1 saturated heterocycles. The number of aryl methyl sites for hydroxylation is 1. The molecule has 25 heavy (non-hydrogen) atoms. The smallest absolute Gasteiger partial charge is 0.225 e. The highest BCUT2D eigenvalue weighted by Gasteiger charge is 2.34. The quantitative estimate of drug-likeness (QED) is 0.905. The summed E-state index contributed by atoms with van der Waals surface area (Å²) in [5.41, 5.74) is 3.11. The van der Waals surface area contributed by atoms with Crippen LogP contribution < -0.4 is 5.32 Å². The number of hydrogen-bond acceptors (Lipinski definition) is 3. The number of nitrogens with zero attached hydrogens (tertiary/aromatic N) is 3. The number of hydrogen-bond donors (Lipinski definition) is 1. The van der Waals surface area contributed by atoms with Gasteiger partial charge in [0.05, 0.1) is 18.2 Å². The van der Waals surface area contributed by atoms with Crippen molar-refractivity contribution in [3.63, 3.8) is 0 Å². The lowest BCUT2D eigenvalue weighted by molar-refractivity contribution is -0.129. The normalized spacial score (nSPS) is 18.4. The Morgan fingerprint density at radius 2 is 2.08 bits per heavy atom. The van der Waals surface area contributed by atoms with E-state index in [2.05, 4.69) is 10.4 Å². The summed E-state index contributed by atoms with van der Waals surface area (Å²) < 4.78 is 1.79. The zero-order valence-electron chi connectivity index (χ0n) is 14.9. The van der Waals surface area contributed by atoms with Crippen molar-refractivity contribution >= 4 is 11.8 Å². The molecule has 1 aromatic heterocycles. The van der Waals surface area contributed by atoms with Crippen LogP contribution in [0.1, 0.15) is 36.2 Å².